The van der Waals surface area contributed by atoms with Crippen molar-refractivity contribution in [1.82, 2.24) is 20.7 Å². The average molecular weight is 491 g/mol. The third kappa shape index (κ3) is 8.81. The number of piperidine rings is 1. The first kappa shape index (κ1) is 24.2. The van der Waals surface area contributed by atoms with Gasteiger partial charge in [-0.15, -0.1) is 24.0 Å². The summed E-state index contributed by atoms with van der Waals surface area (Å²) in [7, 11) is 1.80. The summed E-state index contributed by atoms with van der Waals surface area (Å²) in [4.78, 5) is 6.90. The van der Waals surface area contributed by atoms with Crippen LogP contribution in [0.1, 0.15) is 64.3 Å². The van der Waals surface area contributed by atoms with E-state index in [4.69, 9.17) is 4.52 Å². The molecule has 0 radical (unpaired) electrons. The Bertz CT molecular complexity index is 550. The Hall–Kier alpha value is -0.830. The zero-order chi connectivity index (χ0) is 18.9. The molecular weight excluding hydrogens is 453 g/mol. The molecule has 2 atom stereocenters. The molecule has 1 aliphatic heterocycles. The number of nitrogens with zero attached hydrogens (tertiary/aromatic N) is 3. The van der Waals surface area contributed by atoms with Crippen LogP contribution < -0.4 is 10.6 Å². The molecule has 0 aromatic carbocycles. The van der Waals surface area contributed by atoms with Crippen molar-refractivity contribution in [2.75, 3.05) is 33.2 Å². The fourth-order valence-electron chi connectivity index (χ4n) is 3.72. The number of likely N-dealkylation sites (tertiary alicyclic amines) is 1. The van der Waals surface area contributed by atoms with E-state index in [-0.39, 0.29) is 24.0 Å². The lowest BCUT2D eigenvalue weighted by Crippen LogP contribution is -2.40. The van der Waals surface area contributed by atoms with Crippen molar-refractivity contribution < 1.29 is 4.52 Å². The van der Waals surface area contributed by atoms with Gasteiger partial charge in [0.25, 0.3) is 0 Å². The standard InChI is InChI=1S/C20H37N5O.HI/c1-15(2)19-11-18(26-24-19)12-23-20(21-5)22-8-6-7-9-25-13-16(3)10-17(4)14-25;/h11,15-17H,6-10,12-14H2,1-5H3,(H2,21,22,23);1H. The van der Waals surface area contributed by atoms with E-state index >= 15 is 0 Å². The molecule has 2 N–H and O–H groups in total. The maximum Gasteiger partial charge on any atom is 0.191 e. The normalized spacial score (nSPS) is 21.2. The van der Waals surface area contributed by atoms with Crippen molar-refractivity contribution >= 4 is 29.9 Å². The van der Waals surface area contributed by atoms with Gasteiger partial charge in [-0.05, 0) is 43.6 Å². The highest BCUT2D eigenvalue weighted by molar-refractivity contribution is 14.0. The summed E-state index contributed by atoms with van der Waals surface area (Å²) in [6.45, 7) is 14.2. The molecule has 1 fully saturated rings. The van der Waals surface area contributed by atoms with E-state index in [0.29, 0.717) is 12.5 Å². The summed E-state index contributed by atoms with van der Waals surface area (Å²) in [5.74, 6) is 3.72. The number of aliphatic imine (C=N–C) groups is 1. The van der Waals surface area contributed by atoms with Crippen LogP contribution in [0.4, 0.5) is 0 Å². The largest absolute Gasteiger partial charge is 0.359 e. The van der Waals surface area contributed by atoms with Crippen LogP contribution in [0.25, 0.3) is 0 Å². The molecule has 1 saturated heterocycles. The van der Waals surface area contributed by atoms with Crippen molar-refractivity contribution in [3.8, 4) is 0 Å². The summed E-state index contributed by atoms with van der Waals surface area (Å²) in [5, 5.41) is 10.7. The van der Waals surface area contributed by atoms with Crippen LogP contribution in [0.2, 0.25) is 0 Å². The zero-order valence-electron chi connectivity index (χ0n) is 17.6. The molecule has 1 aromatic rings. The molecule has 1 aliphatic rings. The molecule has 0 amide bonds. The fraction of sp³-hybridized carbons (Fsp3) is 0.800. The Morgan fingerprint density at radius 1 is 1.26 bits per heavy atom. The summed E-state index contributed by atoms with van der Waals surface area (Å²) in [5.41, 5.74) is 0.992. The van der Waals surface area contributed by atoms with E-state index in [9.17, 15) is 0 Å². The number of hydrogen-bond donors (Lipinski definition) is 2. The lowest BCUT2D eigenvalue weighted by molar-refractivity contribution is 0.139. The fourth-order valence-corrected chi connectivity index (χ4v) is 3.72. The number of aromatic nitrogens is 1. The Morgan fingerprint density at radius 3 is 2.56 bits per heavy atom. The van der Waals surface area contributed by atoms with E-state index in [1.165, 1.54) is 32.5 Å². The highest BCUT2D eigenvalue weighted by Crippen LogP contribution is 2.21. The lowest BCUT2D eigenvalue weighted by atomic mass is 9.92. The SMILES string of the molecule is CN=C(NCCCCN1CC(C)CC(C)C1)NCc1cc(C(C)C)no1.I. The van der Waals surface area contributed by atoms with Crippen LogP contribution in [0, 0.1) is 11.8 Å². The monoisotopic (exact) mass is 491 g/mol. The van der Waals surface area contributed by atoms with Crippen molar-refractivity contribution in [3.63, 3.8) is 0 Å². The Balaban J connectivity index is 0.00000364. The minimum absolute atomic E-state index is 0. The molecule has 0 bridgehead atoms. The number of halogens is 1. The van der Waals surface area contributed by atoms with Crippen molar-refractivity contribution in [3.05, 3.63) is 17.5 Å². The maximum atomic E-state index is 5.35. The van der Waals surface area contributed by atoms with E-state index in [2.05, 4.69) is 53.4 Å². The molecule has 27 heavy (non-hydrogen) atoms. The Labute approximate surface area is 181 Å². The van der Waals surface area contributed by atoms with Gasteiger partial charge in [0.15, 0.2) is 11.7 Å². The van der Waals surface area contributed by atoms with Crippen LogP contribution in [0.5, 0.6) is 0 Å². The quantitative estimate of drug-likeness (QED) is 0.251. The topological polar surface area (TPSA) is 65.7 Å². The lowest BCUT2D eigenvalue weighted by Gasteiger charge is -2.34. The Kier molecular flexibility index (Phi) is 11.3. The second-order valence-corrected chi connectivity index (χ2v) is 8.14. The van der Waals surface area contributed by atoms with Crippen LogP contribution in [-0.2, 0) is 6.54 Å². The summed E-state index contributed by atoms with van der Waals surface area (Å²) < 4.78 is 5.35. The molecule has 2 heterocycles. The van der Waals surface area contributed by atoms with Gasteiger partial charge in [0.2, 0.25) is 0 Å². The Morgan fingerprint density at radius 2 is 1.96 bits per heavy atom. The molecule has 7 heteroatoms. The number of nitrogens with one attached hydrogen (secondary N) is 2. The number of rotatable bonds is 8. The van der Waals surface area contributed by atoms with Gasteiger partial charge in [0, 0.05) is 32.7 Å². The minimum Gasteiger partial charge on any atom is -0.359 e. The van der Waals surface area contributed by atoms with Gasteiger partial charge < -0.3 is 20.1 Å². The van der Waals surface area contributed by atoms with Crippen molar-refractivity contribution in [1.29, 1.82) is 0 Å². The van der Waals surface area contributed by atoms with E-state index in [1.54, 1.807) is 7.05 Å². The van der Waals surface area contributed by atoms with E-state index < -0.39 is 0 Å². The van der Waals surface area contributed by atoms with Gasteiger partial charge in [-0.3, -0.25) is 4.99 Å². The second kappa shape index (κ2) is 12.6. The highest BCUT2D eigenvalue weighted by Gasteiger charge is 2.20. The van der Waals surface area contributed by atoms with E-state index in [1.807, 2.05) is 6.07 Å². The number of guanidine groups is 1. The first-order chi connectivity index (χ1) is 12.5. The van der Waals surface area contributed by atoms with Gasteiger partial charge in [-0.1, -0.05) is 32.9 Å². The summed E-state index contributed by atoms with van der Waals surface area (Å²) in [6, 6.07) is 2.01. The third-order valence-electron chi connectivity index (χ3n) is 4.96. The average Bonchev–Trinajstić information content (AvgIpc) is 3.05. The van der Waals surface area contributed by atoms with E-state index in [0.717, 1.165) is 42.2 Å². The van der Waals surface area contributed by atoms with Gasteiger partial charge in [0.05, 0.1) is 12.2 Å². The highest BCUT2D eigenvalue weighted by atomic mass is 127. The molecule has 6 nitrogen and oxygen atoms in total. The first-order valence-electron chi connectivity index (χ1n) is 10.1. The van der Waals surface area contributed by atoms with Gasteiger partial charge in [-0.2, -0.15) is 0 Å². The predicted molar refractivity (Wildman–Crippen MR) is 123 cm³/mol. The van der Waals surface area contributed by atoms with Crippen molar-refractivity contribution in [2.24, 2.45) is 16.8 Å². The molecule has 2 rings (SSSR count). The first-order valence-corrected chi connectivity index (χ1v) is 10.1. The van der Waals surface area contributed by atoms with Gasteiger partial charge >= 0.3 is 0 Å². The maximum absolute atomic E-state index is 5.35. The summed E-state index contributed by atoms with van der Waals surface area (Å²) in [6.07, 6.45) is 3.76. The van der Waals surface area contributed by atoms with Gasteiger partial charge in [-0.25, -0.2) is 0 Å². The second-order valence-electron chi connectivity index (χ2n) is 8.14. The minimum atomic E-state index is 0. The third-order valence-corrected chi connectivity index (χ3v) is 4.96. The van der Waals surface area contributed by atoms with Crippen LogP contribution in [0.3, 0.4) is 0 Å². The van der Waals surface area contributed by atoms with Crippen molar-refractivity contribution in [2.45, 2.75) is 59.4 Å². The summed E-state index contributed by atoms with van der Waals surface area (Å²) >= 11 is 0. The molecule has 0 aliphatic carbocycles. The molecular formula is C20H38IN5O. The zero-order valence-corrected chi connectivity index (χ0v) is 20.0. The van der Waals surface area contributed by atoms with Crippen LogP contribution in [-0.4, -0.2) is 49.2 Å². The van der Waals surface area contributed by atoms with Crippen LogP contribution >= 0.6 is 24.0 Å². The van der Waals surface area contributed by atoms with Crippen LogP contribution in [0.15, 0.2) is 15.6 Å². The van der Waals surface area contributed by atoms with Gasteiger partial charge in [0.1, 0.15) is 0 Å². The molecule has 0 spiro atoms. The predicted octanol–water partition coefficient (Wildman–Crippen LogP) is 3.84. The molecule has 156 valence electrons. The molecule has 1 aromatic heterocycles. The molecule has 2 unspecified atom stereocenters. The number of unbranched alkanes of at least 4 members (excludes halogenated alkanes) is 1. The molecule has 0 saturated carbocycles. The number of hydrogen-bond acceptors (Lipinski definition) is 4. The smallest absolute Gasteiger partial charge is 0.191 e.